The summed E-state index contributed by atoms with van der Waals surface area (Å²) in [6.45, 7) is 5.15. The highest BCUT2D eigenvalue weighted by Crippen LogP contribution is 2.19. The second-order valence-electron chi connectivity index (χ2n) is 5.96. The van der Waals surface area contributed by atoms with Gasteiger partial charge in [0.25, 0.3) is 0 Å². The molecule has 3 aromatic rings. The van der Waals surface area contributed by atoms with Gasteiger partial charge < -0.3 is 5.32 Å². The lowest BCUT2D eigenvalue weighted by Crippen LogP contribution is -2.26. The first kappa shape index (κ1) is 17.6. The van der Waals surface area contributed by atoms with Crippen LogP contribution in [0.15, 0.2) is 28.9 Å². The number of aromatic nitrogens is 5. The molecule has 0 spiro atoms. The predicted molar refractivity (Wildman–Crippen MR) is 98.3 cm³/mol. The molecule has 0 aromatic carbocycles. The molecule has 25 heavy (non-hydrogen) atoms. The van der Waals surface area contributed by atoms with Gasteiger partial charge in [-0.1, -0.05) is 6.07 Å². The molecule has 0 saturated carbocycles. The number of carbonyl (C=O) groups is 1. The van der Waals surface area contributed by atoms with Crippen LogP contribution in [0.25, 0.3) is 5.65 Å². The van der Waals surface area contributed by atoms with Gasteiger partial charge in [-0.3, -0.25) is 13.9 Å². The first-order chi connectivity index (χ1) is 12.1. The van der Waals surface area contributed by atoms with Gasteiger partial charge >= 0.3 is 0 Å². The Morgan fingerprint density at radius 3 is 2.88 bits per heavy atom. The number of carbonyl (C=O) groups excluding carboxylic acids is 1. The van der Waals surface area contributed by atoms with Crippen molar-refractivity contribution in [2.75, 3.05) is 6.54 Å². The Labute approximate surface area is 154 Å². The van der Waals surface area contributed by atoms with Gasteiger partial charge in [-0.25, -0.2) is 0 Å². The van der Waals surface area contributed by atoms with Gasteiger partial charge in [-0.15, -0.1) is 10.2 Å². The van der Waals surface area contributed by atoms with Crippen LogP contribution in [0.1, 0.15) is 30.1 Å². The van der Waals surface area contributed by atoms with Gasteiger partial charge in [0, 0.05) is 31.3 Å². The number of halogens is 1. The van der Waals surface area contributed by atoms with Gasteiger partial charge in [-0.05, 0) is 48.3 Å². The van der Waals surface area contributed by atoms with Crippen molar-refractivity contribution in [1.29, 1.82) is 0 Å². The molecule has 0 aliphatic carbocycles. The summed E-state index contributed by atoms with van der Waals surface area (Å²) in [6.07, 6.45) is 3.97. The van der Waals surface area contributed by atoms with E-state index < -0.39 is 0 Å². The molecule has 0 atom stereocenters. The van der Waals surface area contributed by atoms with Crippen LogP contribution in [0, 0.1) is 13.8 Å². The molecule has 132 valence electrons. The van der Waals surface area contributed by atoms with Gasteiger partial charge in [0.15, 0.2) is 5.65 Å². The van der Waals surface area contributed by atoms with E-state index in [9.17, 15) is 4.79 Å². The van der Waals surface area contributed by atoms with E-state index in [1.165, 1.54) is 0 Å². The second kappa shape index (κ2) is 7.77. The van der Waals surface area contributed by atoms with E-state index in [1.54, 1.807) is 0 Å². The number of rotatable bonds is 7. The molecule has 1 amide bonds. The maximum Gasteiger partial charge on any atom is 0.221 e. The first-order valence-corrected chi connectivity index (χ1v) is 9.10. The molecule has 0 saturated heterocycles. The first-order valence-electron chi connectivity index (χ1n) is 8.31. The topological polar surface area (TPSA) is 77.1 Å². The lowest BCUT2D eigenvalue weighted by atomic mass is 10.3. The van der Waals surface area contributed by atoms with E-state index in [-0.39, 0.29) is 5.91 Å². The predicted octanol–water partition coefficient (Wildman–Crippen LogP) is 2.44. The fourth-order valence-corrected chi connectivity index (χ4v) is 3.01. The Hall–Kier alpha value is -2.22. The minimum atomic E-state index is 0.0368. The van der Waals surface area contributed by atoms with Crippen LogP contribution < -0.4 is 5.32 Å². The summed E-state index contributed by atoms with van der Waals surface area (Å²) in [7, 11) is 0. The van der Waals surface area contributed by atoms with Gasteiger partial charge in [0.2, 0.25) is 5.91 Å². The summed E-state index contributed by atoms with van der Waals surface area (Å²) < 4.78 is 4.84. The molecule has 3 heterocycles. The summed E-state index contributed by atoms with van der Waals surface area (Å²) in [6, 6.07) is 5.82. The van der Waals surface area contributed by atoms with Crippen molar-refractivity contribution in [1.82, 2.24) is 29.7 Å². The summed E-state index contributed by atoms with van der Waals surface area (Å²) in [4.78, 5) is 12.0. The minimum absolute atomic E-state index is 0.0368. The normalized spacial score (nSPS) is 11.2. The third-order valence-corrected chi connectivity index (χ3v) is 5.28. The van der Waals surface area contributed by atoms with Crippen LogP contribution in [-0.2, 0) is 17.8 Å². The fourth-order valence-electron chi connectivity index (χ4n) is 2.72. The average Bonchev–Trinajstić information content (AvgIpc) is 3.13. The Balaban J connectivity index is 1.41. The number of hydrogen-bond donors (Lipinski definition) is 1. The number of nitrogens with one attached hydrogen (secondary N) is 1. The van der Waals surface area contributed by atoms with Crippen molar-refractivity contribution < 1.29 is 4.79 Å². The van der Waals surface area contributed by atoms with E-state index in [4.69, 9.17) is 0 Å². The van der Waals surface area contributed by atoms with Crippen LogP contribution in [0.2, 0.25) is 0 Å². The van der Waals surface area contributed by atoms with Crippen molar-refractivity contribution in [3.63, 3.8) is 0 Å². The zero-order chi connectivity index (χ0) is 17.8. The Morgan fingerprint density at radius 1 is 1.28 bits per heavy atom. The third kappa shape index (κ3) is 4.07. The largest absolute Gasteiger partial charge is 0.356 e. The van der Waals surface area contributed by atoms with E-state index >= 15 is 0 Å². The standard InChI is InChI=1S/C17H21BrN6O/c1-12-17(18)13(2)24(22-12)11-8-16(25)19-9-5-7-15-21-20-14-6-3-4-10-23(14)15/h3-4,6,10H,5,7-9,11H2,1-2H3,(H,19,25). The van der Waals surface area contributed by atoms with Crippen molar-refractivity contribution in [3.05, 3.63) is 46.1 Å². The Morgan fingerprint density at radius 2 is 2.12 bits per heavy atom. The Kier molecular flexibility index (Phi) is 5.47. The van der Waals surface area contributed by atoms with Crippen molar-refractivity contribution in [3.8, 4) is 0 Å². The van der Waals surface area contributed by atoms with Crippen LogP contribution in [0.4, 0.5) is 0 Å². The smallest absolute Gasteiger partial charge is 0.221 e. The highest BCUT2D eigenvalue weighted by molar-refractivity contribution is 9.10. The Bertz CT molecular complexity index is 885. The molecule has 3 rings (SSSR count). The van der Waals surface area contributed by atoms with Crippen LogP contribution in [0.3, 0.4) is 0 Å². The second-order valence-corrected chi connectivity index (χ2v) is 6.75. The molecular formula is C17H21BrN6O. The summed E-state index contributed by atoms with van der Waals surface area (Å²) in [5, 5.41) is 15.7. The summed E-state index contributed by atoms with van der Waals surface area (Å²) in [5.74, 6) is 0.951. The molecule has 3 aromatic heterocycles. The van der Waals surface area contributed by atoms with Crippen LogP contribution in [-0.4, -0.2) is 36.8 Å². The van der Waals surface area contributed by atoms with E-state index in [0.717, 1.165) is 40.2 Å². The molecule has 7 nitrogen and oxygen atoms in total. The zero-order valence-corrected chi connectivity index (χ0v) is 16.0. The monoisotopic (exact) mass is 404 g/mol. The van der Waals surface area contributed by atoms with Crippen molar-refractivity contribution >= 4 is 27.5 Å². The molecule has 0 bridgehead atoms. The fraction of sp³-hybridized carbons (Fsp3) is 0.412. The number of nitrogens with zero attached hydrogens (tertiary/aromatic N) is 5. The number of hydrogen-bond acceptors (Lipinski definition) is 4. The van der Waals surface area contributed by atoms with Gasteiger partial charge in [0.1, 0.15) is 5.82 Å². The molecule has 0 fully saturated rings. The number of amides is 1. The average molecular weight is 405 g/mol. The lowest BCUT2D eigenvalue weighted by Gasteiger charge is -2.06. The third-order valence-electron chi connectivity index (χ3n) is 4.13. The molecule has 0 radical (unpaired) electrons. The quantitative estimate of drug-likeness (QED) is 0.613. The highest BCUT2D eigenvalue weighted by atomic mass is 79.9. The molecule has 1 N–H and O–H groups in total. The van der Waals surface area contributed by atoms with Gasteiger partial charge in [-0.2, -0.15) is 5.10 Å². The molecule has 0 aliphatic rings. The van der Waals surface area contributed by atoms with Gasteiger partial charge in [0.05, 0.1) is 16.7 Å². The van der Waals surface area contributed by atoms with E-state index in [1.807, 2.05) is 47.3 Å². The lowest BCUT2D eigenvalue weighted by molar-refractivity contribution is -0.121. The molecule has 8 heteroatoms. The van der Waals surface area contributed by atoms with E-state index in [2.05, 4.69) is 36.5 Å². The zero-order valence-electron chi connectivity index (χ0n) is 14.4. The number of aryl methyl sites for hydroxylation is 3. The summed E-state index contributed by atoms with van der Waals surface area (Å²) >= 11 is 3.50. The molecule has 0 unspecified atom stereocenters. The van der Waals surface area contributed by atoms with Crippen LogP contribution in [0.5, 0.6) is 0 Å². The maximum absolute atomic E-state index is 12.0. The highest BCUT2D eigenvalue weighted by Gasteiger charge is 2.10. The maximum atomic E-state index is 12.0. The SMILES string of the molecule is Cc1nn(CCC(=O)NCCCc2nnc3ccccn23)c(C)c1Br. The van der Waals surface area contributed by atoms with Crippen molar-refractivity contribution in [2.45, 2.75) is 39.7 Å². The molecular weight excluding hydrogens is 384 g/mol. The number of pyridine rings is 1. The van der Waals surface area contributed by atoms with Crippen LogP contribution >= 0.6 is 15.9 Å². The summed E-state index contributed by atoms with van der Waals surface area (Å²) in [5.41, 5.74) is 2.83. The van der Waals surface area contributed by atoms with Crippen molar-refractivity contribution in [2.24, 2.45) is 0 Å². The molecule has 0 aliphatic heterocycles. The number of fused-ring (bicyclic) bond motifs is 1. The van der Waals surface area contributed by atoms with E-state index in [0.29, 0.717) is 19.5 Å². The minimum Gasteiger partial charge on any atom is -0.356 e.